The van der Waals surface area contributed by atoms with Gasteiger partial charge in [-0.15, -0.1) is 0 Å². The average Bonchev–Trinajstić information content (AvgIpc) is 2.52. The van der Waals surface area contributed by atoms with E-state index >= 15 is 0 Å². The molecule has 0 aliphatic carbocycles. The predicted octanol–water partition coefficient (Wildman–Crippen LogP) is 4.03. The van der Waals surface area contributed by atoms with E-state index in [1.807, 2.05) is 19.1 Å². The van der Waals surface area contributed by atoms with Crippen molar-refractivity contribution in [1.29, 1.82) is 10.7 Å². The number of allylic oxidation sites excluding steroid dienone is 5. The van der Waals surface area contributed by atoms with Crippen molar-refractivity contribution < 1.29 is 4.39 Å². The third kappa shape index (κ3) is 5.59. The molecular weight excluding hydrogens is 277 g/mol. The molecule has 0 unspecified atom stereocenters. The summed E-state index contributed by atoms with van der Waals surface area (Å²) in [5.74, 6) is -0.306. The van der Waals surface area contributed by atoms with Crippen molar-refractivity contribution in [2.75, 3.05) is 0 Å². The van der Waals surface area contributed by atoms with Crippen molar-refractivity contribution in [2.45, 2.75) is 13.5 Å². The number of rotatable bonds is 7. The van der Waals surface area contributed by atoms with Crippen LogP contribution in [0.5, 0.6) is 0 Å². The largest absolute Gasteiger partial charge is 0.380 e. The summed E-state index contributed by atoms with van der Waals surface area (Å²) in [4.78, 5) is 0. The molecule has 0 spiro atoms. The first kappa shape index (κ1) is 17.1. The van der Waals surface area contributed by atoms with Gasteiger partial charge in [-0.3, -0.25) is 5.41 Å². The molecule has 1 aromatic carbocycles. The maximum Gasteiger partial charge on any atom is 0.134 e. The Bertz CT molecular complexity index is 676. The van der Waals surface area contributed by atoms with E-state index in [-0.39, 0.29) is 18.1 Å². The molecule has 0 aliphatic rings. The second-order valence-corrected chi connectivity index (χ2v) is 4.44. The summed E-state index contributed by atoms with van der Waals surface area (Å²) in [6.07, 6.45) is 8.65. The third-order valence-corrected chi connectivity index (χ3v) is 2.78. The van der Waals surface area contributed by atoms with Gasteiger partial charge < -0.3 is 5.32 Å². The van der Waals surface area contributed by atoms with Gasteiger partial charge in [0.15, 0.2) is 0 Å². The highest BCUT2D eigenvalue weighted by molar-refractivity contribution is 6.05. The van der Waals surface area contributed by atoms with Crippen LogP contribution in [0.2, 0.25) is 0 Å². The first-order valence-corrected chi connectivity index (χ1v) is 6.74. The number of nitrogens with one attached hydrogen (secondary N) is 2. The number of halogens is 1. The quantitative estimate of drug-likeness (QED) is 0.589. The molecule has 0 heterocycles. The number of nitriles is 1. The molecule has 0 saturated carbocycles. The second-order valence-electron chi connectivity index (χ2n) is 4.44. The van der Waals surface area contributed by atoms with Gasteiger partial charge in [-0.2, -0.15) is 5.26 Å². The van der Waals surface area contributed by atoms with Gasteiger partial charge >= 0.3 is 0 Å². The van der Waals surface area contributed by atoms with Crippen molar-refractivity contribution in [2.24, 2.45) is 0 Å². The van der Waals surface area contributed by atoms with E-state index in [4.69, 9.17) is 10.7 Å². The fourth-order valence-electron chi connectivity index (χ4n) is 1.64. The standard InChI is InChI=1S/C18H18FN3/c1-3-4-5-8-14(2)18(11-16(21)12-20)22-13-15-9-6-7-10-17(15)19/h3-11,21-22H,2,13H2,1H3/b4-3-,8-5-,18-11-,21-16?. The number of benzene rings is 1. The van der Waals surface area contributed by atoms with Crippen LogP contribution in [-0.4, -0.2) is 5.71 Å². The molecule has 0 saturated heterocycles. The molecule has 0 radical (unpaired) electrons. The maximum atomic E-state index is 13.6. The van der Waals surface area contributed by atoms with Crippen LogP contribution in [0.3, 0.4) is 0 Å². The lowest BCUT2D eigenvalue weighted by atomic mass is 10.1. The highest BCUT2D eigenvalue weighted by atomic mass is 19.1. The molecule has 0 aromatic heterocycles. The highest BCUT2D eigenvalue weighted by Crippen LogP contribution is 2.11. The molecule has 1 aromatic rings. The van der Waals surface area contributed by atoms with Gasteiger partial charge in [0.05, 0.1) is 0 Å². The molecule has 2 N–H and O–H groups in total. The van der Waals surface area contributed by atoms with E-state index in [9.17, 15) is 4.39 Å². The number of hydrogen-bond donors (Lipinski definition) is 2. The van der Waals surface area contributed by atoms with Crippen LogP contribution in [0.25, 0.3) is 0 Å². The molecule has 4 heteroatoms. The van der Waals surface area contributed by atoms with Crippen molar-refractivity contribution >= 4 is 5.71 Å². The summed E-state index contributed by atoms with van der Waals surface area (Å²) in [5, 5.41) is 19.2. The first-order valence-electron chi connectivity index (χ1n) is 6.74. The van der Waals surface area contributed by atoms with E-state index in [2.05, 4.69) is 11.9 Å². The van der Waals surface area contributed by atoms with E-state index in [0.717, 1.165) is 0 Å². The van der Waals surface area contributed by atoms with E-state index < -0.39 is 0 Å². The van der Waals surface area contributed by atoms with Crippen LogP contribution >= 0.6 is 0 Å². The maximum absolute atomic E-state index is 13.6. The van der Waals surface area contributed by atoms with Crippen LogP contribution in [0, 0.1) is 22.6 Å². The Balaban J connectivity index is 2.90. The minimum absolute atomic E-state index is 0.198. The Morgan fingerprint density at radius 2 is 2.14 bits per heavy atom. The topological polar surface area (TPSA) is 59.7 Å². The van der Waals surface area contributed by atoms with Crippen molar-refractivity contribution in [3.05, 3.63) is 83.9 Å². The molecule has 0 fully saturated rings. The smallest absolute Gasteiger partial charge is 0.134 e. The van der Waals surface area contributed by atoms with Crippen molar-refractivity contribution in [3.63, 3.8) is 0 Å². The zero-order chi connectivity index (χ0) is 16.4. The molecular formula is C18H18FN3. The lowest BCUT2D eigenvalue weighted by molar-refractivity contribution is 0.602. The summed E-state index contributed by atoms with van der Waals surface area (Å²) in [7, 11) is 0. The van der Waals surface area contributed by atoms with Crippen LogP contribution in [0.4, 0.5) is 4.39 Å². The Kier molecular flexibility index (Phi) is 7.07. The molecule has 1 rings (SSSR count). The minimum Gasteiger partial charge on any atom is -0.380 e. The molecule has 22 heavy (non-hydrogen) atoms. The van der Waals surface area contributed by atoms with E-state index in [0.29, 0.717) is 16.8 Å². The lowest BCUT2D eigenvalue weighted by Crippen LogP contribution is -2.16. The molecule has 0 amide bonds. The normalized spacial score (nSPS) is 11.6. The van der Waals surface area contributed by atoms with Gasteiger partial charge in [-0.25, -0.2) is 4.39 Å². The van der Waals surface area contributed by atoms with Crippen molar-refractivity contribution in [3.8, 4) is 6.07 Å². The van der Waals surface area contributed by atoms with Crippen molar-refractivity contribution in [1.82, 2.24) is 5.32 Å². The highest BCUT2D eigenvalue weighted by Gasteiger charge is 2.04. The summed E-state index contributed by atoms with van der Waals surface area (Å²) in [5.41, 5.74) is 1.42. The summed E-state index contributed by atoms with van der Waals surface area (Å²) >= 11 is 0. The second kappa shape index (κ2) is 9.09. The van der Waals surface area contributed by atoms with Gasteiger partial charge in [-0.05, 0) is 24.6 Å². The van der Waals surface area contributed by atoms with E-state index in [1.54, 1.807) is 36.4 Å². The lowest BCUT2D eigenvalue weighted by Gasteiger charge is -2.11. The monoisotopic (exact) mass is 295 g/mol. The molecule has 112 valence electrons. The van der Waals surface area contributed by atoms with Crippen LogP contribution in [-0.2, 0) is 6.54 Å². The molecule has 0 bridgehead atoms. The number of hydrogen-bond acceptors (Lipinski definition) is 3. The van der Waals surface area contributed by atoms with Gasteiger partial charge in [-0.1, -0.05) is 49.1 Å². The van der Waals surface area contributed by atoms with E-state index in [1.165, 1.54) is 12.1 Å². The first-order chi connectivity index (χ1) is 10.6. The zero-order valence-corrected chi connectivity index (χ0v) is 12.4. The fraction of sp³-hybridized carbons (Fsp3) is 0.111. The predicted molar refractivity (Wildman–Crippen MR) is 87.8 cm³/mol. The fourth-order valence-corrected chi connectivity index (χ4v) is 1.64. The average molecular weight is 295 g/mol. The van der Waals surface area contributed by atoms with Gasteiger partial charge in [0, 0.05) is 17.8 Å². The molecule has 0 atom stereocenters. The minimum atomic E-state index is -0.306. The van der Waals surface area contributed by atoms with Gasteiger partial charge in [0.25, 0.3) is 0 Å². The van der Waals surface area contributed by atoms with Crippen LogP contribution in [0.15, 0.2) is 72.5 Å². The van der Waals surface area contributed by atoms with Crippen LogP contribution < -0.4 is 5.32 Å². The Morgan fingerprint density at radius 3 is 2.77 bits per heavy atom. The number of nitrogens with zero attached hydrogens (tertiary/aromatic N) is 1. The van der Waals surface area contributed by atoms with Gasteiger partial charge in [0.2, 0.25) is 0 Å². The Morgan fingerprint density at radius 1 is 1.41 bits per heavy atom. The third-order valence-electron chi connectivity index (χ3n) is 2.78. The van der Waals surface area contributed by atoms with Gasteiger partial charge in [0.1, 0.15) is 17.6 Å². The van der Waals surface area contributed by atoms with Crippen LogP contribution in [0.1, 0.15) is 12.5 Å². The SMILES string of the molecule is C=C(/C=C\C=C/C)/C(=C/C(=N)C#N)NCc1ccccc1F. The summed E-state index contributed by atoms with van der Waals surface area (Å²) < 4.78 is 13.6. The summed E-state index contributed by atoms with van der Waals surface area (Å²) in [6, 6.07) is 8.18. The zero-order valence-electron chi connectivity index (χ0n) is 12.4. The Labute approximate surface area is 130 Å². The summed E-state index contributed by atoms with van der Waals surface area (Å²) in [6.45, 7) is 6.04. The Hall–Kier alpha value is -2.93. The molecule has 3 nitrogen and oxygen atoms in total. The molecule has 0 aliphatic heterocycles.